The zero-order valence-electron chi connectivity index (χ0n) is 21.6. The molecule has 2 aromatic carbocycles. The SMILES string of the molecule is CN(C(=O)CCc1cccc(F)c1Cl)[C@H](COC(=O)Nc1cc(-c2ccccc2)on1)C[C@@H](O)CCP(=O)(O)O. The number of nitrogens with zero attached hydrogens (tertiary/aromatic N) is 2. The van der Waals surface area contributed by atoms with Crippen molar-refractivity contribution in [2.24, 2.45) is 0 Å². The Balaban J connectivity index is 1.62. The van der Waals surface area contributed by atoms with E-state index in [0.29, 0.717) is 11.3 Å². The monoisotopic (exact) mass is 597 g/mol. The maximum Gasteiger partial charge on any atom is 0.412 e. The third-order valence-corrected chi connectivity index (χ3v) is 7.35. The van der Waals surface area contributed by atoms with Crippen molar-refractivity contribution in [3.63, 3.8) is 0 Å². The molecule has 0 fully saturated rings. The van der Waals surface area contributed by atoms with Gasteiger partial charge in [-0.1, -0.05) is 59.2 Å². The van der Waals surface area contributed by atoms with E-state index in [4.69, 9.17) is 30.6 Å². The Hall–Kier alpha value is -3.28. The molecular formula is C26H30ClFN3O8P. The molecule has 2 amide bonds. The zero-order valence-corrected chi connectivity index (χ0v) is 23.2. The van der Waals surface area contributed by atoms with E-state index in [-0.39, 0.29) is 43.1 Å². The molecule has 0 aliphatic rings. The molecule has 3 aromatic rings. The van der Waals surface area contributed by atoms with Crippen LogP contribution in [0.25, 0.3) is 11.3 Å². The number of carbonyl (C=O) groups excluding carboxylic acids is 2. The second-order valence-corrected chi connectivity index (χ2v) is 11.3. The van der Waals surface area contributed by atoms with Gasteiger partial charge in [-0.05, 0) is 30.9 Å². The van der Waals surface area contributed by atoms with Gasteiger partial charge in [-0.25, -0.2) is 9.18 Å². The number of hydrogen-bond acceptors (Lipinski definition) is 7. The number of aliphatic hydroxyl groups excluding tert-OH is 1. The summed E-state index contributed by atoms with van der Waals surface area (Å²) in [5.74, 6) is -0.488. The smallest absolute Gasteiger partial charge is 0.412 e. The number of rotatable bonds is 13. The van der Waals surface area contributed by atoms with Crippen LogP contribution in [0.5, 0.6) is 0 Å². The molecule has 1 heterocycles. The summed E-state index contributed by atoms with van der Waals surface area (Å²) in [6, 6.07) is 14.0. The summed E-state index contributed by atoms with van der Waals surface area (Å²) >= 11 is 5.97. The normalized spacial score (nSPS) is 12.9. The summed E-state index contributed by atoms with van der Waals surface area (Å²) in [6.45, 7) is -0.342. The van der Waals surface area contributed by atoms with Crippen LogP contribution in [-0.2, 0) is 20.5 Å². The number of aryl methyl sites for hydroxylation is 1. The molecule has 0 spiro atoms. The molecule has 3 rings (SSSR count). The van der Waals surface area contributed by atoms with Crippen molar-refractivity contribution in [1.82, 2.24) is 10.1 Å². The second-order valence-electron chi connectivity index (χ2n) is 9.10. The molecule has 0 saturated carbocycles. The number of ether oxygens (including phenoxy) is 1. The molecule has 0 radical (unpaired) electrons. The molecule has 4 N–H and O–H groups in total. The molecule has 0 aliphatic heterocycles. The molecule has 0 aliphatic carbocycles. The van der Waals surface area contributed by atoms with Gasteiger partial charge in [0, 0.05) is 25.1 Å². The van der Waals surface area contributed by atoms with Gasteiger partial charge in [0.25, 0.3) is 0 Å². The average Bonchev–Trinajstić information content (AvgIpc) is 3.38. The van der Waals surface area contributed by atoms with Crippen molar-refractivity contribution >= 4 is 37.0 Å². The first-order valence-electron chi connectivity index (χ1n) is 12.3. The van der Waals surface area contributed by atoms with E-state index in [1.165, 1.54) is 30.1 Å². The first-order valence-corrected chi connectivity index (χ1v) is 14.5. The van der Waals surface area contributed by atoms with Gasteiger partial charge in [0.05, 0.1) is 23.3 Å². The van der Waals surface area contributed by atoms with Crippen LogP contribution in [0.15, 0.2) is 59.1 Å². The topological polar surface area (TPSA) is 162 Å². The predicted octanol–water partition coefficient (Wildman–Crippen LogP) is 4.46. The molecule has 0 unspecified atom stereocenters. The fourth-order valence-corrected chi connectivity index (χ4v) is 4.69. The number of carbonyl (C=O) groups is 2. The fourth-order valence-electron chi connectivity index (χ4n) is 3.84. The first-order chi connectivity index (χ1) is 18.9. The maximum atomic E-state index is 13.7. The van der Waals surface area contributed by atoms with Gasteiger partial charge in [0.1, 0.15) is 12.4 Å². The number of nitrogens with one attached hydrogen (secondary N) is 1. The second kappa shape index (κ2) is 14.4. The molecule has 11 nitrogen and oxygen atoms in total. The van der Waals surface area contributed by atoms with Crippen LogP contribution < -0.4 is 5.32 Å². The number of halogens is 2. The van der Waals surface area contributed by atoms with Crippen LogP contribution in [0.1, 0.15) is 24.8 Å². The van der Waals surface area contributed by atoms with Gasteiger partial charge < -0.3 is 29.1 Å². The van der Waals surface area contributed by atoms with Crippen LogP contribution in [-0.4, -0.2) is 68.9 Å². The van der Waals surface area contributed by atoms with Crippen LogP contribution in [0, 0.1) is 5.82 Å². The van der Waals surface area contributed by atoms with E-state index >= 15 is 0 Å². The van der Waals surface area contributed by atoms with Gasteiger partial charge in [-0.2, -0.15) is 0 Å². The lowest BCUT2D eigenvalue weighted by Crippen LogP contribution is -2.43. The minimum absolute atomic E-state index is 0.0534. The van der Waals surface area contributed by atoms with Crippen molar-refractivity contribution in [2.75, 3.05) is 25.1 Å². The van der Waals surface area contributed by atoms with Gasteiger partial charge >= 0.3 is 13.7 Å². The van der Waals surface area contributed by atoms with Crippen molar-refractivity contribution in [3.8, 4) is 11.3 Å². The highest BCUT2D eigenvalue weighted by atomic mass is 35.5. The number of benzene rings is 2. The highest BCUT2D eigenvalue weighted by molar-refractivity contribution is 7.51. The summed E-state index contributed by atoms with van der Waals surface area (Å²) < 4.78 is 35.4. The lowest BCUT2D eigenvalue weighted by Gasteiger charge is -2.30. The third-order valence-electron chi connectivity index (χ3n) is 6.08. The Bertz CT molecular complexity index is 1340. The Morgan fingerprint density at radius 1 is 1.20 bits per heavy atom. The Morgan fingerprint density at radius 2 is 1.93 bits per heavy atom. The minimum atomic E-state index is -4.34. The molecule has 0 saturated heterocycles. The minimum Gasteiger partial charge on any atom is -0.447 e. The molecule has 0 bridgehead atoms. The Kier molecular flexibility index (Phi) is 11.2. The number of aromatic nitrogens is 1. The number of hydrogen-bond donors (Lipinski definition) is 4. The van der Waals surface area contributed by atoms with Crippen molar-refractivity contribution in [1.29, 1.82) is 0 Å². The summed E-state index contributed by atoms with van der Waals surface area (Å²) in [5.41, 5.74) is 1.19. The molecular weight excluding hydrogens is 568 g/mol. The summed E-state index contributed by atoms with van der Waals surface area (Å²) in [4.78, 5) is 44.9. The average molecular weight is 598 g/mol. The van der Waals surface area contributed by atoms with E-state index in [9.17, 15) is 23.7 Å². The summed E-state index contributed by atoms with van der Waals surface area (Å²) in [7, 11) is -2.90. The Morgan fingerprint density at radius 3 is 2.62 bits per heavy atom. The summed E-state index contributed by atoms with van der Waals surface area (Å²) in [6.07, 6.45) is -2.90. The molecule has 2 atom stereocenters. The van der Waals surface area contributed by atoms with E-state index < -0.39 is 43.7 Å². The quantitative estimate of drug-likeness (QED) is 0.208. The molecule has 216 valence electrons. The van der Waals surface area contributed by atoms with Gasteiger partial charge in [-0.15, -0.1) is 0 Å². The van der Waals surface area contributed by atoms with Crippen molar-refractivity contribution in [2.45, 2.75) is 37.8 Å². The first kappa shape index (κ1) is 31.3. The number of likely N-dealkylation sites (N-methyl/N-ethyl adjacent to an activating group) is 1. The van der Waals surface area contributed by atoms with Crippen molar-refractivity contribution in [3.05, 3.63) is 71.0 Å². The zero-order chi connectivity index (χ0) is 29.3. The van der Waals surface area contributed by atoms with E-state index in [1.54, 1.807) is 18.2 Å². The number of aliphatic hydroxyl groups is 1. The van der Waals surface area contributed by atoms with Crippen molar-refractivity contribution < 1.29 is 42.7 Å². The standard InChI is InChI=1S/C26H30ClFN3O8P/c1-31(24(33)11-10-18-8-5-9-21(28)25(18)27)19(14-20(32)12-13-40(35,36)37)16-38-26(34)29-23-15-22(39-30-23)17-6-3-2-4-7-17/h2-9,15,19-20,32H,10-14,16H2,1H3,(H,29,30,34)(H2,35,36,37)/t19-,20-/m0/s1. The van der Waals surface area contributed by atoms with Gasteiger partial charge in [0.2, 0.25) is 5.91 Å². The lowest BCUT2D eigenvalue weighted by atomic mass is 10.0. The van der Waals surface area contributed by atoms with Gasteiger partial charge in [-0.3, -0.25) is 14.7 Å². The van der Waals surface area contributed by atoms with E-state index in [2.05, 4.69) is 10.5 Å². The van der Waals surface area contributed by atoms with Crippen LogP contribution in [0.2, 0.25) is 5.02 Å². The van der Waals surface area contributed by atoms with Crippen LogP contribution in [0.4, 0.5) is 15.0 Å². The highest BCUT2D eigenvalue weighted by Gasteiger charge is 2.26. The molecule has 14 heteroatoms. The number of amides is 2. The fraction of sp³-hybridized carbons (Fsp3) is 0.346. The molecule has 40 heavy (non-hydrogen) atoms. The lowest BCUT2D eigenvalue weighted by molar-refractivity contribution is -0.133. The predicted molar refractivity (Wildman–Crippen MR) is 145 cm³/mol. The Labute approximate surface area is 235 Å². The molecule has 1 aromatic heterocycles. The van der Waals surface area contributed by atoms with E-state index in [0.717, 1.165) is 5.56 Å². The summed E-state index contributed by atoms with van der Waals surface area (Å²) in [5, 5.41) is 16.5. The van der Waals surface area contributed by atoms with Crippen LogP contribution in [0.3, 0.4) is 0 Å². The highest BCUT2D eigenvalue weighted by Crippen LogP contribution is 2.35. The third kappa shape index (κ3) is 9.72. The maximum absolute atomic E-state index is 13.7. The largest absolute Gasteiger partial charge is 0.447 e. The van der Waals surface area contributed by atoms with Gasteiger partial charge in [0.15, 0.2) is 11.6 Å². The van der Waals surface area contributed by atoms with Crippen LogP contribution >= 0.6 is 19.2 Å². The van der Waals surface area contributed by atoms with E-state index in [1.807, 2.05) is 18.2 Å². The number of anilines is 1.